The van der Waals surface area contributed by atoms with Gasteiger partial charge in [-0.1, -0.05) is 73.7 Å². The maximum absolute atomic E-state index is 11.0. The molecular formula is C29H24O4. The molecule has 0 aliphatic heterocycles. The van der Waals surface area contributed by atoms with Gasteiger partial charge in [0.25, 0.3) is 0 Å². The number of hydrogen-bond acceptors (Lipinski definition) is 3. The van der Waals surface area contributed by atoms with Crippen LogP contribution in [0.5, 0.6) is 5.75 Å². The van der Waals surface area contributed by atoms with Crippen molar-refractivity contribution in [1.29, 1.82) is 0 Å². The third-order valence-corrected chi connectivity index (χ3v) is 5.99. The molecule has 4 aromatic carbocycles. The van der Waals surface area contributed by atoms with Gasteiger partial charge in [0, 0.05) is 16.3 Å². The van der Waals surface area contributed by atoms with E-state index in [9.17, 15) is 4.79 Å². The lowest BCUT2D eigenvalue weighted by Gasteiger charge is -2.11. The van der Waals surface area contributed by atoms with Crippen LogP contribution in [0.3, 0.4) is 0 Å². The summed E-state index contributed by atoms with van der Waals surface area (Å²) in [6.45, 7) is 2.06. The number of para-hydroxylation sites is 2. The van der Waals surface area contributed by atoms with Crippen LogP contribution in [0.15, 0.2) is 95.4 Å². The number of aliphatic carboxylic acids is 1. The summed E-state index contributed by atoms with van der Waals surface area (Å²) in [6.07, 6.45) is 0.469. The zero-order chi connectivity index (χ0) is 22.8. The van der Waals surface area contributed by atoms with Crippen LogP contribution in [0.25, 0.3) is 44.2 Å². The van der Waals surface area contributed by atoms with Crippen molar-refractivity contribution in [3.8, 4) is 28.0 Å². The molecule has 33 heavy (non-hydrogen) atoms. The molecule has 0 spiro atoms. The van der Waals surface area contributed by atoms with Crippen LogP contribution >= 0.6 is 0 Å². The molecule has 0 bridgehead atoms. The molecule has 1 unspecified atom stereocenters. The van der Waals surface area contributed by atoms with Gasteiger partial charge in [0.2, 0.25) is 0 Å². The van der Waals surface area contributed by atoms with E-state index in [1.54, 1.807) is 6.92 Å². The first kappa shape index (κ1) is 20.8. The van der Waals surface area contributed by atoms with Gasteiger partial charge in [-0.2, -0.15) is 0 Å². The van der Waals surface area contributed by atoms with Gasteiger partial charge >= 0.3 is 5.97 Å². The third-order valence-electron chi connectivity index (χ3n) is 5.99. The normalized spacial score (nSPS) is 12.2. The Morgan fingerprint density at radius 1 is 0.848 bits per heavy atom. The van der Waals surface area contributed by atoms with E-state index in [0.717, 1.165) is 49.9 Å². The topological polar surface area (TPSA) is 59.7 Å². The maximum atomic E-state index is 11.0. The quantitative estimate of drug-likeness (QED) is 0.289. The predicted octanol–water partition coefficient (Wildman–Crippen LogP) is 7.41. The van der Waals surface area contributed by atoms with E-state index in [0.29, 0.717) is 13.0 Å². The zero-order valence-corrected chi connectivity index (χ0v) is 18.3. The van der Waals surface area contributed by atoms with Gasteiger partial charge in [0.15, 0.2) is 0 Å². The Labute approximate surface area is 192 Å². The number of carboxylic acid groups (broad SMARTS) is 1. The summed E-state index contributed by atoms with van der Waals surface area (Å²) >= 11 is 0. The summed E-state index contributed by atoms with van der Waals surface area (Å²) < 4.78 is 12.0. The summed E-state index contributed by atoms with van der Waals surface area (Å²) in [5.74, 6) is -0.496. The first-order valence-electron chi connectivity index (χ1n) is 11.1. The SMILES string of the molecule is CC(CCOc1cccc(-c2cccc(-c3cccc4c3oc3ccccc34)c2)c1)C(=O)O. The van der Waals surface area contributed by atoms with Crippen LogP contribution in [0.1, 0.15) is 13.3 Å². The van der Waals surface area contributed by atoms with Gasteiger partial charge in [-0.05, 0) is 47.4 Å². The average Bonchev–Trinajstić information content (AvgIpc) is 3.23. The van der Waals surface area contributed by atoms with Crippen LogP contribution < -0.4 is 4.74 Å². The van der Waals surface area contributed by atoms with Crippen LogP contribution in [-0.2, 0) is 4.79 Å². The highest BCUT2D eigenvalue weighted by molar-refractivity contribution is 6.09. The second-order valence-electron chi connectivity index (χ2n) is 8.27. The Kier molecular flexibility index (Phi) is 5.57. The molecule has 4 nitrogen and oxygen atoms in total. The van der Waals surface area contributed by atoms with Crippen molar-refractivity contribution >= 4 is 27.9 Å². The highest BCUT2D eigenvalue weighted by atomic mass is 16.5. The van der Waals surface area contributed by atoms with Crippen molar-refractivity contribution in [2.75, 3.05) is 6.61 Å². The molecule has 1 aromatic heterocycles. The molecule has 5 aromatic rings. The van der Waals surface area contributed by atoms with Gasteiger partial charge in [0.1, 0.15) is 16.9 Å². The largest absolute Gasteiger partial charge is 0.494 e. The predicted molar refractivity (Wildman–Crippen MR) is 132 cm³/mol. The summed E-state index contributed by atoms with van der Waals surface area (Å²) in [6, 6.07) is 30.6. The van der Waals surface area contributed by atoms with Gasteiger partial charge in [-0.3, -0.25) is 4.79 Å². The molecule has 1 atom stereocenters. The summed E-state index contributed by atoms with van der Waals surface area (Å²) in [7, 11) is 0. The lowest BCUT2D eigenvalue weighted by Crippen LogP contribution is -2.13. The van der Waals surface area contributed by atoms with Crippen LogP contribution in [0, 0.1) is 5.92 Å². The molecule has 4 heteroatoms. The monoisotopic (exact) mass is 436 g/mol. The van der Waals surface area contributed by atoms with E-state index < -0.39 is 11.9 Å². The van der Waals surface area contributed by atoms with E-state index in [4.69, 9.17) is 14.3 Å². The lowest BCUT2D eigenvalue weighted by molar-refractivity contribution is -0.141. The van der Waals surface area contributed by atoms with Gasteiger partial charge < -0.3 is 14.3 Å². The summed E-state index contributed by atoms with van der Waals surface area (Å²) in [4.78, 5) is 11.0. The molecule has 1 heterocycles. The molecule has 164 valence electrons. The molecule has 5 rings (SSSR count). The smallest absolute Gasteiger partial charge is 0.306 e. The molecule has 0 amide bonds. The van der Waals surface area contributed by atoms with E-state index in [-0.39, 0.29) is 0 Å². The van der Waals surface area contributed by atoms with E-state index >= 15 is 0 Å². The Balaban J connectivity index is 1.45. The summed E-state index contributed by atoms with van der Waals surface area (Å²) in [5.41, 5.74) is 6.03. The number of fused-ring (bicyclic) bond motifs is 3. The number of carboxylic acids is 1. The first-order valence-corrected chi connectivity index (χ1v) is 11.1. The van der Waals surface area contributed by atoms with Crippen molar-refractivity contribution in [3.05, 3.63) is 91.0 Å². The number of ether oxygens (including phenoxy) is 1. The minimum atomic E-state index is -0.802. The summed E-state index contributed by atoms with van der Waals surface area (Å²) in [5, 5.41) is 11.3. The fraction of sp³-hybridized carbons (Fsp3) is 0.138. The Morgan fingerprint density at radius 3 is 2.39 bits per heavy atom. The van der Waals surface area contributed by atoms with Crippen molar-refractivity contribution in [1.82, 2.24) is 0 Å². The number of benzene rings is 4. The van der Waals surface area contributed by atoms with Gasteiger partial charge in [-0.25, -0.2) is 0 Å². The van der Waals surface area contributed by atoms with Crippen molar-refractivity contribution in [3.63, 3.8) is 0 Å². The molecular weight excluding hydrogens is 412 g/mol. The minimum Gasteiger partial charge on any atom is -0.494 e. The number of carbonyl (C=O) groups is 1. The standard InChI is InChI=1S/C29H24O4/c1-19(29(30)31)15-16-32-23-10-5-8-21(18-23)20-7-4-9-22(17-20)24-12-6-13-26-25-11-2-3-14-27(25)33-28(24)26/h2-14,17-19H,15-16H2,1H3,(H,30,31). The van der Waals surface area contributed by atoms with Gasteiger partial charge in [0.05, 0.1) is 12.5 Å². The van der Waals surface area contributed by atoms with Crippen molar-refractivity contribution < 1.29 is 19.1 Å². The van der Waals surface area contributed by atoms with E-state index in [1.807, 2.05) is 48.5 Å². The molecule has 0 fully saturated rings. The molecule has 0 aliphatic rings. The minimum absolute atomic E-state index is 0.366. The van der Waals surface area contributed by atoms with Crippen LogP contribution in [0.4, 0.5) is 0 Å². The van der Waals surface area contributed by atoms with Crippen molar-refractivity contribution in [2.24, 2.45) is 5.92 Å². The van der Waals surface area contributed by atoms with E-state index in [2.05, 4.69) is 42.5 Å². The number of furan rings is 1. The van der Waals surface area contributed by atoms with Crippen molar-refractivity contribution in [2.45, 2.75) is 13.3 Å². The molecule has 0 aliphatic carbocycles. The maximum Gasteiger partial charge on any atom is 0.306 e. The molecule has 0 radical (unpaired) electrons. The third kappa shape index (κ3) is 4.20. The van der Waals surface area contributed by atoms with Gasteiger partial charge in [-0.15, -0.1) is 0 Å². The fourth-order valence-corrected chi connectivity index (χ4v) is 4.08. The van der Waals surface area contributed by atoms with Crippen LogP contribution in [0.2, 0.25) is 0 Å². The highest BCUT2D eigenvalue weighted by Crippen LogP contribution is 2.37. The first-order chi connectivity index (χ1) is 16.1. The highest BCUT2D eigenvalue weighted by Gasteiger charge is 2.13. The number of rotatable bonds is 7. The van der Waals surface area contributed by atoms with E-state index in [1.165, 1.54) is 0 Å². The lowest BCUT2D eigenvalue weighted by atomic mass is 9.97. The Hall–Kier alpha value is -4.05. The molecule has 0 saturated carbocycles. The fourth-order valence-electron chi connectivity index (χ4n) is 4.08. The average molecular weight is 437 g/mol. The second-order valence-corrected chi connectivity index (χ2v) is 8.27. The Bertz CT molecular complexity index is 1450. The Morgan fingerprint density at radius 2 is 1.55 bits per heavy atom. The number of hydrogen-bond donors (Lipinski definition) is 1. The molecule has 1 N–H and O–H groups in total. The molecule has 0 saturated heterocycles. The zero-order valence-electron chi connectivity index (χ0n) is 18.3. The van der Waals surface area contributed by atoms with Crippen LogP contribution in [-0.4, -0.2) is 17.7 Å². The second kappa shape index (κ2) is 8.83.